The Hall–Kier alpha value is -1.82. The van der Waals surface area contributed by atoms with E-state index in [1.165, 1.54) is 0 Å². The Morgan fingerprint density at radius 3 is 2.17 bits per heavy atom. The molecule has 0 heterocycles. The fourth-order valence-corrected chi connectivity index (χ4v) is 1.75. The lowest BCUT2D eigenvalue weighted by Gasteiger charge is -2.08. The molecule has 0 radical (unpaired) electrons. The summed E-state index contributed by atoms with van der Waals surface area (Å²) in [7, 11) is -3.27. The van der Waals surface area contributed by atoms with Gasteiger partial charge in [0.2, 0.25) is 10.0 Å². The minimum Gasteiger partial charge on any atom is -0.322 e. The number of nitrogens with one attached hydrogen (secondary N) is 2. The Bertz CT molecular complexity index is 547. The minimum absolute atomic E-state index is 0.0150. The molecule has 0 aliphatic rings. The molecule has 0 saturated carbocycles. The van der Waals surface area contributed by atoms with Gasteiger partial charge >= 0.3 is 0 Å². The molecular weight excluding hydrogens is 252 g/mol. The van der Waals surface area contributed by atoms with Crippen molar-refractivity contribution < 1.29 is 13.2 Å². The number of hydrogen-bond donors (Lipinski definition) is 2. The van der Waals surface area contributed by atoms with Crippen LogP contribution in [0.2, 0.25) is 0 Å². The zero-order valence-electron chi connectivity index (χ0n) is 10.4. The third-order valence-corrected chi connectivity index (χ3v) is 3.49. The van der Waals surface area contributed by atoms with Crippen molar-refractivity contribution in [3.05, 3.63) is 36.4 Å². The van der Waals surface area contributed by atoms with Crippen molar-refractivity contribution in [2.45, 2.75) is 13.8 Å². The third-order valence-electron chi connectivity index (χ3n) is 2.18. The van der Waals surface area contributed by atoms with Crippen LogP contribution >= 0.6 is 0 Å². The van der Waals surface area contributed by atoms with E-state index in [0.717, 1.165) is 0 Å². The average Bonchev–Trinajstić information content (AvgIpc) is 2.31. The highest BCUT2D eigenvalue weighted by atomic mass is 32.2. The summed E-state index contributed by atoms with van der Waals surface area (Å²) >= 11 is 0. The summed E-state index contributed by atoms with van der Waals surface area (Å²) in [6, 6.07) is 6.41. The van der Waals surface area contributed by atoms with E-state index in [2.05, 4.69) is 16.6 Å². The molecule has 6 heteroatoms. The van der Waals surface area contributed by atoms with Crippen LogP contribution in [0.25, 0.3) is 0 Å². The highest BCUT2D eigenvalue weighted by molar-refractivity contribution is 7.92. The second kappa shape index (κ2) is 5.68. The molecule has 1 aromatic rings. The number of anilines is 2. The zero-order chi connectivity index (χ0) is 13.8. The van der Waals surface area contributed by atoms with Gasteiger partial charge < -0.3 is 5.32 Å². The molecule has 1 aromatic carbocycles. The van der Waals surface area contributed by atoms with E-state index < -0.39 is 10.0 Å². The fourth-order valence-electron chi connectivity index (χ4n) is 1.11. The second-order valence-corrected chi connectivity index (χ2v) is 5.83. The van der Waals surface area contributed by atoms with Crippen LogP contribution in [0.15, 0.2) is 36.4 Å². The molecular formula is C12H16N2O3S. The standard InChI is InChI=1S/C12H16N2O3S/c1-4-18(16,17)14-11-7-5-10(6-8-11)13-12(15)9(2)3/h5-8,14H,2,4H2,1,3H3,(H,13,15). The first-order valence-corrected chi connectivity index (χ1v) is 7.06. The first-order chi connectivity index (χ1) is 8.34. The van der Waals surface area contributed by atoms with E-state index in [1.807, 2.05) is 0 Å². The van der Waals surface area contributed by atoms with Gasteiger partial charge in [0.1, 0.15) is 0 Å². The summed E-state index contributed by atoms with van der Waals surface area (Å²) in [6.07, 6.45) is 0. The van der Waals surface area contributed by atoms with Crippen LogP contribution in [-0.4, -0.2) is 20.1 Å². The van der Waals surface area contributed by atoms with Gasteiger partial charge in [-0.2, -0.15) is 0 Å². The van der Waals surface area contributed by atoms with Crippen molar-refractivity contribution in [2.24, 2.45) is 0 Å². The van der Waals surface area contributed by atoms with Gasteiger partial charge in [-0.05, 0) is 38.1 Å². The number of rotatable bonds is 5. The quantitative estimate of drug-likeness (QED) is 0.802. The van der Waals surface area contributed by atoms with Gasteiger partial charge in [-0.3, -0.25) is 9.52 Å². The lowest BCUT2D eigenvalue weighted by Crippen LogP contribution is -2.15. The van der Waals surface area contributed by atoms with Gasteiger partial charge in [-0.25, -0.2) is 8.42 Å². The second-order valence-electron chi connectivity index (χ2n) is 3.82. The Labute approximate surface area is 107 Å². The van der Waals surface area contributed by atoms with Crippen LogP contribution in [0.1, 0.15) is 13.8 Å². The van der Waals surface area contributed by atoms with E-state index in [-0.39, 0.29) is 11.7 Å². The summed E-state index contributed by atoms with van der Waals surface area (Å²) in [5.41, 5.74) is 1.46. The number of carbonyl (C=O) groups excluding carboxylic acids is 1. The van der Waals surface area contributed by atoms with E-state index in [9.17, 15) is 13.2 Å². The predicted octanol–water partition coefficient (Wildman–Crippen LogP) is 1.96. The maximum Gasteiger partial charge on any atom is 0.250 e. The van der Waals surface area contributed by atoms with Gasteiger partial charge in [0.25, 0.3) is 5.91 Å². The molecule has 0 unspecified atom stereocenters. The Balaban J connectivity index is 2.75. The van der Waals surface area contributed by atoms with Crippen molar-refractivity contribution in [3.63, 3.8) is 0 Å². The largest absolute Gasteiger partial charge is 0.322 e. The first kappa shape index (κ1) is 14.2. The lowest BCUT2D eigenvalue weighted by molar-refractivity contribution is -0.112. The molecule has 0 bridgehead atoms. The summed E-state index contributed by atoms with van der Waals surface area (Å²) in [6.45, 7) is 6.69. The Kier molecular flexibility index (Phi) is 4.49. The normalized spacial score (nSPS) is 10.8. The average molecular weight is 268 g/mol. The van der Waals surface area contributed by atoms with Crippen molar-refractivity contribution in [1.82, 2.24) is 0 Å². The van der Waals surface area contributed by atoms with Crippen molar-refractivity contribution >= 4 is 27.3 Å². The number of hydrogen-bond acceptors (Lipinski definition) is 3. The van der Waals surface area contributed by atoms with Gasteiger partial charge in [0.05, 0.1) is 5.75 Å². The summed E-state index contributed by atoms with van der Waals surface area (Å²) in [5, 5.41) is 2.63. The predicted molar refractivity (Wildman–Crippen MR) is 73.0 cm³/mol. The number of sulfonamides is 1. The van der Waals surface area contributed by atoms with Crippen molar-refractivity contribution in [3.8, 4) is 0 Å². The molecule has 98 valence electrons. The van der Waals surface area contributed by atoms with Crippen LogP contribution < -0.4 is 10.0 Å². The van der Waals surface area contributed by atoms with Crippen molar-refractivity contribution in [2.75, 3.05) is 15.8 Å². The highest BCUT2D eigenvalue weighted by Gasteiger charge is 2.07. The Morgan fingerprint density at radius 2 is 1.72 bits per heavy atom. The molecule has 5 nitrogen and oxygen atoms in total. The van der Waals surface area contributed by atoms with Crippen LogP contribution in [0.3, 0.4) is 0 Å². The molecule has 0 fully saturated rings. The maximum absolute atomic E-state index is 11.4. The highest BCUT2D eigenvalue weighted by Crippen LogP contribution is 2.15. The summed E-state index contributed by atoms with van der Waals surface area (Å²) in [4.78, 5) is 11.4. The van der Waals surface area contributed by atoms with Crippen LogP contribution in [-0.2, 0) is 14.8 Å². The molecule has 1 rings (SSSR count). The van der Waals surface area contributed by atoms with Gasteiger partial charge in [-0.15, -0.1) is 0 Å². The smallest absolute Gasteiger partial charge is 0.250 e. The van der Waals surface area contributed by atoms with E-state index in [1.54, 1.807) is 38.1 Å². The fraction of sp³-hybridized carbons (Fsp3) is 0.250. The van der Waals surface area contributed by atoms with Gasteiger partial charge in [-0.1, -0.05) is 6.58 Å². The molecule has 0 aromatic heterocycles. The zero-order valence-corrected chi connectivity index (χ0v) is 11.2. The number of carbonyl (C=O) groups is 1. The molecule has 0 spiro atoms. The third kappa shape index (κ3) is 4.21. The number of benzene rings is 1. The number of amides is 1. The topological polar surface area (TPSA) is 75.3 Å². The molecule has 0 aliphatic carbocycles. The molecule has 0 saturated heterocycles. The lowest BCUT2D eigenvalue weighted by atomic mass is 10.2. The van der Waals surface area contributed by atoms with E-state index in [0.29, 0.717) is 16.9 Å². The SMILES string of the molecule is C=C(C)C(=O)Nc1ccc(NS(=O)(=O)CC)cc1. The molecule has 2 N–H and O–H groups in total. The summed E-state index contributed by atoms with van der Waals surface area (Å²) in [5.74, 6) is -0.252. The monoisotopic (exact) mass is 268 g/mol. The van der Waals surface area contributed by atoms with Crippen LogP contribution in [0.4, 0.5) is 11.4 Å². The molecule has 18 heavy (non-hydrogen) atoms. The van der Waals surface area contributed by atoms with E-state index >= 15 is 0 Å². The van der Waals surface area contributed by atoms with Gasteiger partial charge in [0, 0.05) is 16.9 Å². The summed E-state index contributed by atoms with van der Waals surface area (Å²) < 4.78 is 25.1. The van der Waals surface area contributed by atoms with Crippen LogP contribution in [0.5, 0.6) is 0 Å². The molecule has 0 atom stereocenters. The van der Waals surface area contributed by atoms with E-state index in [4.69, 9.17) is 0 Å². The van der Waals surface area contributed by atoms with Crippen molar-refractivity contribution in [1.29, 1.82) is 0 Å². The molecule has 1 amide bonds. The minimum atomic E-state index is -3.27. The maximum atomic E-state index is 11.4. The molecule has 0 aliphatic heterocycles. The van der Waals surface area contributed by atoms with Gasteiger partial charge in [0.15, 0.2) is 0 Å². The van der Waals surface area contributed by atoms with Crippen LogP contribution in [0, 0.1) is 0 Å². The first-order valence-electron chi connectivity index (χ1n) is 5.41. The Morgan fingerprint density at radius 1 is 1.22 bits per heavy atom.